The predicted molar refractivity (Wildman–Crippen MR) is 157 cm³/mol. The molecule has 5 nitrogen and oxygen atoms in total. The third-order valence-corrected chi connectivity index (χ3v) is 7.21. The number of fused-ring (bicyclic) bond motifs is 2. The zero-order chi connectivity index (χ0) is 26.6. The summed E-state index contributed by atoms with van der Waals surface area (Å²) in [5, 5.41) is 1.25. The van der Waals surface area contributed by atoms with E-state index in [1.165, 1.54) is 16.5 Å². The lowest BCUT2D eigenvalue weighted by atomic mass is 9.81. The number of methoxy groups -OCH3 is 2. The van der Waals surface area contributed by atoms with Crippen LogP contribution in [0.3, 0.4) is 0 Å². The van der Waals surface area contributed by atoms with E-state index < -0.39 is 0 Å². The number of H-pyrrole nitrogens is 1. The molecule has 4 aromatic carbocycles. The van der Waals surface area contributed by atoms with Crippen LogP contribution in [0.25, 0.3) is 16.7 Å². The summed E-state index contributed by atoms with van der Waals surface area (Å²) >= 11 is 0. The van der Waals surface area contributed by atoms with Crippen LogP contribution in [0.5, 0.6) is 17.2 Å². The molecule has 0 saturated carbocycles. The van der Waals surface area contributed by atoms with Crippen molar-refractivity contribution in [1.29, 1.82) is 0 Å². The minimum absolute atomic E-state index is 0.0314. The molecule has 0 unspecified atom stereocenters. The van der Waals surface area contributed by atoms with E-state index in [-0.39, 0.29) is 5.92 Å². The van der Waals surface area contributed by atoms with Crippen molar-refractivity contribution in [2.24, 2.45) is 4.99 Å². The number of allylic oxidation sites excluding steroid dienone is 1. The molecule has 0 aliphatic carbocycles. The summed E-state index contributed by atoms with van der Waals surface area (Å²) in [5.74, 6) is 2.89. The number of nitrogens with one attached hydrogen (secondary N) is 1. The highest BCUT2D eigenvalue weighted by molar-refractivity contribution is 5.94. The van der Waals surface area contributed by atoms with Gasteiger partial charge in [0, 0.05) is 52.5 Å². The standard InChI is InChI=1S/C34H30N2O3/c1-37-31-17-16-24(20-32(31)38-2)34-28(22-35-19-18-25-21-36-29-14-8-6-12-26(25)29)33(23-10-4-3-5-11-23)27-13-7-9-15-30(27)39-34/h3-17,20-22,33,36H,18-19H2,1-2H3/t33-/m1/s1. The van der Waals surface area contributed by atoms with Crippen molar-refractivity contribution >= 4 is 22.9 Å². The SMILES string of the molecule is COc1ccc(C2=C(C=NCCc3c[nH]c4ccccc34)[C@H](c3ccccc3)c3ccccc3O2)cc1OC. The van der Waals surface area contributed by atoms with Crippen LogP contribution in [0.1, 0.15) is 28.2 Å². The second kappa shape index (κ2) is 10.9. The summed E-state index contributed by atoms with van der Waals surface area (Å²) in [4.78, 5) is 8.31. The first-order valence-corrected chi connectivity index (χ1v) is 13.1. The predicted octanol–water partition coefficient (Wildman–Crippen LogP) is 7.43. The molecule has 1 aliphatic rings. The summed E-state index contributed by atoms with van der Waals surface area (Å²) < 4.78 is 17.7. The van der Waals surface area contributed by atoms with Gasteiger partial charge in [-0.1, -0.05) is 66.7 Å². The highest BCUT2D eigenvalue weighted by atomic mass is 16.5. The van der Waals surface area contributed by atoms with Crippen molar-refractivity contribution in [2.45, 2.75) is 12.3 Å². The van der Waals surface area contributed by atoms with Gasteiger partial charge in [-0.15, -0.1) is 0 Å². The van der Waals surface area contributed by atoms with Gasteiger partial charge in [0.1, 0.15) is 11.5 Å². The summed E-state index contributed by atoms with van der Waals surface area (Å²) in [5.41, 5.74) is 6.63. The van der Waals surface area contributed by atoms with E-state index in [0.29, 0.717) is 18.0 Å². The van der Waals surface area contributed by atoms with E-state index in [9.17, 15) is 0 Å². The summed E-state index contributed by atoms with van der Waals surface area (Å²) in [6.07, 6.45) is 4.92. The number of hydrogen-bond donors (Lipinski definition) is 1. The maximum absolute atomic E-state index is 6.60. The number of hydrogen-bond acceptors (Lipinski definition) is 4. The average Bonchev–Trinajstić information content (AvgIpc) is 3.41. The molecule has 0 fully saturated rings. The van der Waals surface area contributed by atoms with E-state index in [0.717, 1.165) is 40.1 Å². The van der Waals surface area contributed by atoms with E-state index in [2.05, 4.69) is 65.8 Å². The molecule has 5 heteroatoms. The third-order valence-electron chi connectivity index (χ3n) is 7.21. The van der Waals surface area contributed by atoms with Gasteiger partial charge < -0.3 is 19.2 Å². The lowest BCUT2D eigenvalue weighted by Crippen LogP contribution is -2.17. The third kappa shape index (κ3) is 4.79. The van der Waals surface area contributed by atoms with Crippen molar-refractivity contribution in [3.8, 4) is 17.2 Å². The molecule has 39 heavy (non-hydrogen) atoms. The average molecular weight is 515 g/mol. The molecular weight excluding hydrogens is 484 g/mol. The van der Waals surface area contributed by atoms with Crippen LogP contribution in [0.15, 0.2) is 114 Å². The normalized spacial score (nSPS) is 14.9. The van der Waals surface area contributed by atoms with Crippen molar-refractivity contribution < 1.29 is 14.2 Å². The van der Waals surface area contributed by atoms with Crippen LogP contribution in [-0.4, -0.2) is 32.0 Å². The molecule has 1 atom stereocenters. The number of nitrogens with zero attached hydrogens (tertiary/aromatic N) is 1. The molecule has 1 N–H and O–H groups in total. The number of aliphatic imine (C=N–C) groups is 1. The number of para-hydroxylation sites is 2. The van der Waals surface area contributed by atoms with Crippen molar-refractivity contribution in [1.82, 2.24) is 4.98 Å². The zero-order valence-corrected chi connectivity index (χ0v) is 22.1. The van der Waals surface area contributed by atoms with Gasteiger partial charge in [-0.2, -0.15) is 0 Å². The van der Waals surface area contributed by atoms with Crippen molar-refractivity contribution in [3.63, 3.8) is 0 Å². The van der Waals surface area contributed by atoms with Crippen LogP contribution < -0.4 is 14.2 Å². The fourth-order valence-corrected chi connectivity index (χ4v) is 5.31. The molecule has 1 aliphatic heterocycles. The van der Waals surface area contributed by atoms with Gasteiger partial charge in [0.15, 0.2) is 11.5 Å². The van der Waals surface area contributed by atoms with E-state index in [1.54, 1.807) is 14.2 Å². The molecule has 0 spiro atoms. The topological polar surface area (TPSA) is 55.8 Å². The fraction of sp³-hybridized carbons (Fsp3) is 0.147. The Balaban J connectivity index is 1.43. The van der Waals surface area contributed by atoms with Gasteiger partial charge in [-0.3, -0.25) is 4.99 Å². The van der Waals surface area contributed by atoms with Gasteiger partial charge in [0.05, 0.1) is 14.2 Å². The molecule has 0 radical (unpaired) electrons. The Morgan fingerprint density at radius 2 is 1.62 bits per heavy atom. The Kier molecular flexibility index (Phi) is 6.88. The second-order valence-electron chi connectivity index (χ2n) is 9.48. The molecule has 5 aromatic rings. The summed E-state index contributed by atoms with van der Waals surface area (Å²) in [7, 11) is 3.29. The Hall–Kier alpha value is -4.77. The lowest BCUT2D eigenvalue weighted by Gasteiger charge is -2.30. The van der Waals surface area contributed by atoms with Gasteiger partial charge in [0.25, 0.3) is 0 Å². The van der Waals surface area contributed by atoms with Gasteiger partial charge in [-0.05, 0) is 47.9 Å². The van der Waals surface area contributed by atoms with Crippen LogP contribution in [0, 0.1) is 0 Å². The number of aromatic amines is 1. The summed E-state index contributed by atoms with van der Waals surface area (Å²) in [6, 6.07) is 33.0. The van der Waals surface area contributed by atoms with E-state index in [1.807, 2.05) is 48.7 Å². The smallest absolute Gasteiger partial charge is 0.161 e. The minimum Gasteiger partial charge on any atom is -0.493 e. The Labute approximate surface area is 228 Å². The first-order chi connectivity index (χ1) is 19.3. The molecular formula is C34H30N2O3. The molecule has 1 aromatic heterocycles. The molecule has 0 saturated heterocycles. The van der Waals surface area contributed by atoms with E-state index in [4.69, 9.17) is 19.2 Å². The largest absolute Gasteiger partial charge is 0.493 e. The monoisotopic (exact) mass is 514 g/mol. The highest BCUT2D eigenvalue weighted by Crippen LogP contribution is 2.45. The van der Waals surface area contributed by atoms with Gasteiger partial charge in [-0.25, -0.2) is 0 Å². The molecule has 0 amide bonds. The fourth-order valence-electron chi connectivity index (χ4n) is 5.31. The Morgan fingerprint density at radius 3 is 2.46 bits per heavy atom. The second-order valence-corrected chi connectivity index (χ2v) is 9.48. The van der Waals surface area contributed by atoms with Crippen LogP contribution in [-0.2, 0) is 6.42 Å². The van der Waals surface area contributed by atoms with E-state index >= 15 is 0 Å². The minimum atomic E-state index is -0.0314. The molecule has 6 rings (SSSR count). The number of rotatable bonds is 8. The van der Waals surface area contributed by atoms with Crippen LogP contribution >= 0.6 is 0 Å². The Bertz CT molecular complexity index is 1670. The van der Waals surface area contributed by atoms with Crippen molar-refractivity contribution in [3.05, 3.63) is 131 Å². The first-order valence-electron chi connectivity index (χ1n) is 13.1. The quantitative estimate of drug-likeness (QED) is 0.219. The van der Waals surface area contributed by atoms with Crippen LogP contribution in [0.4, 0.5) is 0 Å². The molecule has 2 heterocycles. The summed E-state index contributed by atoms with van der Waals surface area (Å²) in [6.45, 7) is 0.660. The number of benzene rings is 4. The van der Waals surface area contributed by atoms with Crippen molar-refractivity contribution in [2.75, 3.05) is 20.8 Å². The molecule has 0 bridgehead atoms. The first kappa shape index (κ1) is 24.6. The van der Waals surface area contributed by atoms with Gasteiger partial charge in [0.2, 0.25) is 0 Å². The number of ether oxygens (including phenoxy) is 3. The number of aromatic nitrogens is 1. The lowest BCUT2D eigenvalue weighted by molar-refractivity contribution is 0.354. The zero-order valence-electron chi connectivity index (χ0n) is 22.1. The maximum Gasteiger partial charge on any atom is 0.161 e. The van der Waals surface area contributed by atoms with Crippen LogP contribution in [0.2, 0.25) is 0 Å². The molecule has 194 valence electrons. The Morgan fingerprint density at radius 1 is 0.846 bits per heavy atom. The maximum atomic E-state index is 6.60. The highest BCUT2D eigenvalue weighted by Gasteiger charge is 2.31. The van der Waals surface area contributed by atoms with Gasteiger partial charge >= 0.3 is 0 Å².